The number of nitrogens with one attached hydrogen (secondary N) is 2. The minimum atomic E-state index is -0.979. The maximum atomic E-state index is 10.7. The van der Waals surface area contributed by atoms with E-state index in [1.54, 1.807) is 24.4 Å². The van der Waals surface area contributed by atoms with Crippen LogP contribution in [0.25, 0.3) is 10.9 Å². The summed E-state index contributed by atoms with van der Waals surface area (Å²) in [6.45, 7) is 1.75. The number of hydrogen-bond donors (Lipinski definition) is 4. The van der Waals surface area contributed by atoms with Gasteiger partial charge in [-0.15, -0.1) is 0 Å². The molecule has 1 heterocycles. The van der Waals surface area contributed by atoms with Crippen LogP contribution in [-0.2, 0) is 4.79 Å². The lowest BCUT2D eigenvalue weighted by atomic mass is 10.0. The Morgan fingerprint density at radius 2 is 2.26 bits per heavy atom. The van der Waals surface area contributed by atoms with E-state index in [1.807, 2.05) is 0 Å². The molecule has 0 aliphatic rings. The molecule has 0 saturated carbocycles. The van der Waals surface area contributed by atoms with E-state index >= 15 is 0 Å². The largest absolute Gasteiger partial charge is 0.390 e. The van der Waals surface area contributed by atoms with Crippen LogP contribution in [0.5, 0.6) is 0 Å². The summed E-state index contributed by atoms with van der Waals surface area (Å²) in [7, 11) is 0. The Morgan fingerprint density at radius 1 is 1.47 bits per heavy atom. The highest BCUT2D eigenvalue weighted by atomic mass is 16.3. The molecule has 0 bridgehead atoms. The zero-order valence-electron chi connectivity index (χ0n) is 10.6. The summed E-state index contributed by atoms with van der Waals surface area (Å²) in [4.78, 5) is 10.7. The predicted octanol–water partition coefficient (Wildman–Crippen LogP) is 0.483. The van der Waals surface area contributed by atoms with Crippen LogP contribution in [0.3, 0.4) is 0 Å². The Morgan fingerprint density at radius 3 is 3.00 bits per heavy atom. The van der Waals surface area contributed by atoms with Crippen molar-refractivity contribution in [1.82, 2.24) is 15.5 Å². The minimum absolute atomic E-state index is 0.151. The van der Waals surface area contributed by atoms with Crippen molar-refractivity contribution in [1.29, 1.82) is 0 Å². The number of aliphatic hydroxyl groups is 2. The van der Waals surface area contributed by atoms with E-state index in [2.05, 4.69) is 15.5 Å². The van der Waals surface area contributed by atoms with Crippen molar-refractivity contribution in [3.05, 3.63) is 30.0 Å². The first kappa shape index (κ1) is 13.5. The van der Waals surface area contributed by atoms with Crippen LogP contribution in [0.2, 0.25) is 0 Å². The molecule has 1 aromatic carbocycles. The first-order chi connectivity index (χ1) is 9.08. The van der Waals surface area contributed by atoms with Crippen molar-refractivity contribution in [3.63, 3.8) is 0 Å². The summed E-state index contributed by atoms with van der Waals surface area (Å²) in [6, 6.07) is 5.33. The summed E-state index contributed by atoms with van der Waals surface area (Å²) in [6.07, 6.45) is 0.0589. The first-order valence-electron chi connectivity index (χ1n) is 6.11. The highest BCUT2D eigenvalue weighted by Crippen LogP contribution is 2.22. The van der Waals surface area contributed by atoms with Crippen LogP contribution in [0, 0.1) is 0 Å². The lowest BCUT2D eigenvalue weighted by Gasteiger charge is -2.18. The number of hydrogen-bond acceptors (Lipinski definition) is 4. The van der Waals surface area contributed by atoms with Crippen LogP contribution >= 0.6 is 0 Å². The van der Waals surface area contributed by atoms with Crippen molar-refractivity contribution in [2.45, 2.75) is 25.6 Å². The number of fused-ring (bicyclic) bond motifs is 1. The summed E-state index contributed by atoms with van der Waals surface area (Å²) in [5.74, 6) is -0.151. The smallest absolute Gasteiger partial charge is 0.216 e. The van der Waals surface area contributed by atoms with E-state index in [0.29, 0.717) is 18.5 Å². The fourth-order valence-corrected chi connectivity index (χ4v) is 1.92. The van der Waals surface area contributed by atoms with Gasteiger partial charge in [-0.25, -0.2) is 0 Å². The number of carbonyl (C=O) groups is 1. The fraction of sp³-hybridized carbons (Fsp3) is 0.385. The standard InChI is InChI=1S/C13H17N3O3/c1-8(17)14-5-4-12(18)13(19)9-2-3-11-10(6-9)7-15-16-11/h2-3,6-7,12-13,18-19H,4-5H2,1H3,(H,14,17)(H,15,16). The molecule has 2 atom stereocenters. The Hall–Kier alpha value is -1.92. The van der Waals surface area contributed by atoms with E-state index in [-0.39, 0.29) is 5.91 Å². The third-order valence-electron chi connectivity index (χ3n) is 2.98. The normalized spacial score (nSPS) is 14.3. The Labute approximate surface area is 110 Å². The highest BCUT2D eigenvalue weighted by Gasteiger charge is 2.18. The molecule has 19 heavy (non-hydrogen) atoms. The Kier molecular flexibility index (Phi) is 4.13. The molecule has 102 valence electrons. The van der Waals surface area contributed by atoms with Crippen molar-refractivity contribution in [2.24, 2.45) is 0 Å². The van der Waals surface area contributed by atoms with Crippen molar-refractivity contribution < 1.29 is 15.0 Å². The Bertz CT molecular complexity index is 567. The van der Waals surface area contributed by atoms with Crippen LogP contribution in [0.1, 0.15) is 25.0 Å². The molecule has 4 N–H and O–H groups in total. The van der Waals surface area contributed by atoms with Gasteiger partial charge in [0.25, 0.3) is 0 Å². The molecule has 6 heteroatoms. The van der Waals surface area contributed by atoms with Gasteiger partial charge in [0.1, 0.15) is 6.10 Å². The lowest BCUT2D eigenvalue weighted by Crippen LogP contribution is -2.27. The number of rotatable bonds is 5. The van der Waals surface area contributed by atoms with Crippen molar-refractivity contribution in [2.75, 3.05) is 6.54 Å². The number of H-pyrrole nitrogens is 1. The second kappa shape index (κ2) is 5.81. The first-order valence-corrected chi connectivity index (χ1v) is 6.11. The number of aliphatic hydroxyl groups excluding tert-OH is 2. The third kappa shape index (κ3) is 3.30. The highest BCUT2D eigenvalue weighted by molar-refractivity contribution is 5.78. The summed E-state index contributed by atoms with van der Waals surface area (Å²) in [5, 5.41) is 30.1. The molecule has 1 aromatic heterocycles. The van der Waals surface area contributed by atoms with Gasteiger partial charge >= 0.3 is 0 Å². The molecule has 6 nitrogen and oxygen atoms in total. The molecule has 2 unspecified atom stereocenters. The van der Waals surface area contributed by atoms with Gasteiger partial charge in [0.15, 0.2) is 0 Å². The second-order valence-corrected chi connectivity index (χ2v) is 4.50. The fourth-order valence-electron chi connectivity index (χ4n) is 1.92. The molecule has 0 spiro atoms. The van der Waals surface area contributed by atoms with Gasteiger partial charge in [-0.05, 0) is 24.1 Å². The molecule has 0 fully saturated rings. The summed E-state index contributed by atoms with van der Waals surface area (Å²) >= 11 is 0. The third-order valence-corrected chi connectivity index (χ3v) is 2.98. The average molecular weight is 263 g/mol. The van der Waals surface area contributed by atoms with Gasteiger partial charge in [0.05, 0.1) is 17.8 Å². The number of benzene rings is 1. The molecule has 0 aliphatic carbocycles. The maximum Gasteiger partial charge on any atom is 0.216 e. The van der Waals surface area contributed by atoms with Crippen LogP contribution in [-0.4, -0.2) is 39.0 Å². The van der Waals surface area contributed by atoms with E-state index < -0.39 is 12.2 Å². The topological polar surface area (TPSA) is 98.2 Å². The lowest BCUT2D eigenvalue weighted by molar-refractivity contribution is -0.119. The van der Waals surface area contributed by atoms with Crippen LogP contribution in [0.4, 0.5) is 0 Å². The molecule has 2 aromatic rings. The Balaban J connectivity index is 2.01. The van der Waals surface area contributed by atoms with E-state index in [4.69, 9.17) is 0 Å². The monoisotopic (exact) mass is 263 g/mol. The van der Waals surface area contributed by atoms with Gasteiger partial charge < -0.3 is 15.5 Å². The van der Waals surface area contributed by atoms with Gasteiger partial charge in [-0.3, -0.25) is 9.89 Å². The molecule has 0 aliphatic heterocycles. The van der Waals surface area contributed by atoms with Gasteiger partial charge in [0, 0.05) is 18.9 Å². The zero-order chi connectivity index (χ0) is 13.8. The van der Waals surface area contributed by atoms with Gasteiger partial charge in [-0.2, -0.15) is 5.10 Å². The maximum absolute atomic E-state index is 10.7. The number of aromatic amines is 1. The predicted molar refractivity (Wildman–Crippen MR) is 70.4 cm³/mol. The average Bonchev–Trinajstić information content (AvgIpc) is 2.84. The van der Waals surface area contributed by atoms with Crippen molar-refractivity contribution >= 4 is 16.8 Å². The van der Waals surface area contributed by atoms with E-state index in [1.165, 1.54) is 6.92 Å². The minimum Gasteiger partial charge on any atom is -0.390 e. The van der Waals surface area contributed by atoms with Crippen molar-refractivity contribution in [3.8, 4) is 0 Å². The number of nitrogens with zero attached hydrogens (tertiary/aromatic N) is 1. The number of carbonyl (C=O) groups excluding carboxylic acids is 1. The van der Waals surface area contributed by atoms with Crippen LogP contribution in [0.15, 0.2) is 24.4 Å². The summed E-state index contributed by atoms with van der Waals surface area (Å²) < 4.78 is 0. The molecule has 2 rings (SSSR count). The van der Waals surface area contributed by atoms with E-state index in [0.717, 1.165) is 10.9 Å². The van der Waals surface area contributed by atoms with Gasteiger partial charge in [0.2, 0.25) is 5.91 Å². The number of amides is 1. The molecule has 0 radical (unpaired) electrons. The van der Waals surface area contributed by atoms with E-state index in [9.17, 15) is 15.0 Å². The summed E-state index contributed by atoms with van der Waals surface area (Å²) in [5.41, 5.74) is 1.51. The molecular formula is C13H17N3O3. The molecular weight excluding hydrogens is 246 g/mol. The SMILES string of the molecule is CC(=O)NCCC(O)C(O)c1ccc2[nH]ncc2c1. The second-order valence-electron chi connectivity index (χ2n) is 4.50. The number of aromatic nitrogens is 2. The zero-order valence-corrected chi connectivity index (χ0v) is 10.6. The van der Waals surface area contributed by atoms with Crippen LogP contribution < -0.4 is 5.32 Å². The quantitative estimate of drug-likeness (QED) is 0.630. The van der Waals surface area contributed by atoms with Gasteiger partial charge in [-0.1, -0.05) is 6.07 Å². The molecule has 1 amide bonds. The molecule has 0 saturated heterocycles.